The van der Waals surface area contributed by atoms with Gasteiger partial charge in [0.1, 0.15) is 5.75 Å². The number of nitrogens with zero attached hydrogens (tertiary/aromatic N) is 3. The standard InChI is InChI=1S/C20H23N5O2S/c1-13-8-10-15(11-9-13)19-23-24-20(25(19)21)28-12-18(26)22-14(2)16-6-4-5-7-17(16)27-3/h4-11,14H,12,21H2,1-3H3,(H,22,26). The summed E-state index contributed by atoms with van der Waals surface area (Å²) < 4.78 is 6.76. The molecular formula is C20H23N5O2S. The molecule has 0 aliphatic heterocycles. The number of aromatic nitrogens is 3. The third-order valence-electron chi connectivity index (χ3n) is 4.29. The fourth-order valence-electron chi connectivity index (χ4n) is 2.79. The zero-order valence-corrected chi connectivity index (χ0v) is 16.9. The number of ether oxygens (including phenoxy) is 1. The van der Waals surface area contributed by atoms with Crippen LogP contribution in [0.1, 0.15) is 24.1 Å². The van der Waals surface area contributed by atoms with Gasteiger partial charge in [0.2, 0.25) is 11.1 Å². The topological polar surface area (TPSA) is 95.1 Å². The number of methoxy groups -OCH3 is 1. The SMILES string of the molecule is COc1ccccc1C(C)NC(=O)CSc1nnc(-c2ccc(C)cc2)n1N. The molecule has 3 N–H and O–H groups in total. The predicted molar refractivity (Wildman–Crippen MR) is 111 cm³/mol. The van der Waals surface area contributed by atoms with E-state index in [1.165, 1.54) is 16.4 Å². The molecule has 7 nitrogen and oxygen atoms in total. The van der Waals surface area contributed by atoms with E-state index < -0.39 is 0 Å². The van der Waals surface area contributed by atoms with Gasteiger partial charge in [-0.3, -0.25) is 4.79 Å². The number of thioether (sulfide) groups is 1. The highest BCUT2D eigenvalue weighted by atomic mass is 32.2. The van der Waals surface area contributed by atoms with Gasteiger partial charge in [-0.25, -0.2) is 4.68 Å². The van der Waals surface area contributed by atoms with Crippen LogP contribution >= 0.6 is 11.8 Å². The van der Waals surface area contributed by atoms with Crippen molar-refractivity contribution in [3.05, 3.63) is 59.7 Å². The van der Waals surface area contributed by atoms with Crippen molar-refractivity contribution in [2.75, 3.05) is 18.7 Å². The summed E-state index contributed by atoms with van der Waals surface area (Å²) in [5.41, 5.74) is 2.95. The van der Waals surface area contributed by atoms with Gasteiger partial charge in [-0.05, 0) is 19.9 Å². The van der Waals surface area contributed by atoms with Gasteiger partial charge in [0.15, 0.2) is 5.82 Å². The van der Waals surface area contributed by atoms with Crippen LogP contribution < -0.4 is 15.9 Å². The number of rotatable bonds is 7. The first-order valence-electron chi connectivity index (χ1n) is 8.82. The Morgan fingerprint density at radius 2 is 1.93 bits per heavy atom. The van der Waals surface area contributed by atoms with Gasteiger partial charge in [-0.15, -0.1) is 10.2 Å². The summed E-state index contributed by atoms with van der Waals surface area (Å²) in [7, 11) is 1.61. The first kappa shape index (κ1) is 19.8. The van der Waals surface area contributed by atoms with Gasteiger partial charge in [0, 0.05) is 11.1 Å². The second-order valence-corrected chi connectivity index (χ2v) is 7.30. The normalized spacial score (nSPS) is 11.8. The summed E-state index contributed by atoms with van der Waals surface area (Å²) in [6.45, 7) is 3.93. The lowest BCUT2D eigenvalue weighted by Crippen LogP contribution is -2.28. The van der Waals surface area contributed by atoms with E-state index in [1.54, 1.807) is 7.11 Å². The van der Waals surface area contributed by atoms with Gasteiger partial charge >= 0.3 is 0 Å². The average molecular weight is 398 g/mol. The van der Waals surface area contributed by atoms with E-state index in [4.69, 9.17) is 10.6 Å². The number of nitrogens with two attached hydrogens (primary N) is 1. The summed E-state index contributed by atoms with van der Waals surface area (Å²) in [4.78, 5) is 12.4. The van der Waals surface area contributed by atoms with E-state index in [2.05, 4.69) is 15.5 Å². The maximum absolute atomic E-state index is 12.4. The van der Waals surface area contributed by atoms with Gasteiger partial charge in [-0.1, -0.05) is 59.8 Å². The lowest BCUT2D eigenvalue weighted by molar-refractivity contribution is -0.119. The predicted octanol–water partition coefficient (Wildman–Crippen LogP) is 2.95. The maximum Gasteiger partial charge on any atom is 0.230 e. The van der Waals surface area contributed by atoms with Crippen molar-refractivity contribution in [3.8, 4) is 17.1 Å². The molecule has 0 radical (unpaired) electrons. The Morgan fingerprint density at radius 1 is 1.21 bits per heavy atom. The summed E-state index contributed by atoms with van der Waals surface area (Å²) >= 11 is 1.24. The number of nitrogens with one attached hydrogen (secondary N) is 1. The van der Waals surface area contributed by atoms with Crippen LogP contribution in [-0.2, 0) is 4.79 Å². The van der Waals surface area contributed by atoms with Gasteiger partial charge < -0.3 is 15.9 Å². The minimum atomic E-state index is -0.178. The molecule has 0 aliphatic rings. The molecule has 1 amide bonds. The van der Waals surface area contributed by atoms with Crippen molar-refractivity contribution < 1.29 is 9.53 Å². The Morgan fingerprint density at radius 3 is 2.64 bits per heavy atom. The monoisotopic (exact) mass is 397 g/mol. The number of hydrogen-bond donors (Lipinski definition) is 2. The molecule has 146 valence electrons. The van der Waals surface area contributed by atoms with Gasteiger partial charge in [0.05, 0.1) is 18.9 Å². The van der Waals surface area contributed by atoms with Crippen LogP contribution in [0.2, 0.25) is 0 Å². The summed E-state index contributed by atoms with van der Waals surface area (Å²) in [6, 6.07) is 15.3. The number of aryl methyl sites for hydroxylation is 1. The molecule has 3 aromatic rings. The maximum atomic E-state index is 12.4. The minimum Gasteiger partial charge on any atom is -0.496 e. The van der Waals surface area contributed by atoms with E-state index in [1.807, 2.05) is 62.4 Å². The number of amides is 1. The van der Waals surface area contributed by atoms with Crippen LogP contribution in [0.15, 0.2) is 53.7 Å². The first-order chi connectivity index (χ1) is 13.5. The van der Waals surface area contributed by atoms with Crippen LogP contribution in [0.3, 0.4) is 0 Å². The molecule has 1 unspecified atom stereocenters. The van der Waals surface area contributed by atoms with Crippen molar-refractivity contribution in [2.45, 2.75) is 25.0 Å². The Bertz CT molecular complexity index is 955. The Balaban J connectivity index is 1.61. The van der Waals surface area contributed by atoms with Gasteiger partial charge in [0.25, 0.3) is 0 Å². The number of carbonyl (C=O) groups is 1. The van der Waals surface area contributed by atoms with E-state index >= 15 is 0 Å². The van der Waals surface area contributed by atoms with E-state index in [-0.39, 0.29) is 17.7 Å². The Kier molecular flexibility index (Phi) is 6.20. The zero-order valence-electron chi connectivity index (χ0n) is 16.0. The van der Waals surface area contributed by atoms with Crippen LogP contribution in [0.25, 0.3) is 11.4 Å². The smallest absolute Gasteiger partial charge is 0.230 e. The molecule has 1 heterocycles. The molecule has 0 saturated carbocycles. The van der Waals surface area contributed by atoms with Gasteiger partial charge in [-0.2, -0.15) is 0 Å². The Labute approximate surface area is 168 Å². The fourth-order valence-corrected chi connectivity index (χ4v) is 3.46. The quantitative estimate of drug-likeness (QED) is 0.470. The number of carbonyl (C=O) groups excluding carboxylic acids is 1. The Hall–Kier alpha value is -3.00. The second kappa shape index (κ2) is 8.79. The largest absolute Gasteiger partial charge is 0.496 e. The molecule has 3 rings (SSSR count). The molecule has 2 aromatic carbocycles. The van der Waals surface area contributed by atoms with Crippen LogP contribution in [0.4, 0.5) is 0 Å². The summed E-state index contributed by atoms with van der Waals surface area (Å²) in [5, 5.41) is 11.7. The molecule has 28 heavy (non-hydrogen) atoms. The third-order valence-corrected chi connectivity index (χ3v) is 5.23. The molecule has 1 aromatic heterocycles. The van der Waals surface area contributed by atoms with E-state index in [0.717, 1.165) is 22.4 Å². The molecule has 0 spiro atoms. The highest BCUT2D eigenvalue weighted by molar-refractivity contribution is 7.99. The highest BCUT2D eigenvalue weighted by Crippen LogP contribution is 2.25. The molecular weight excluding hydrogens is 374 g/mol. The second-order valence-electron chi connectivity index (χ2n) is 6.36. The van der Waals surface area contributed by atoms with E-state index in [0.29, 0.717) is 11.0 Å². The van der Waals surface area contributed by atoms with Crippen molar-refractivity contribution in [2.24, 2.45) is 0 Å². The van der Waals surface area contributed by atoms with Crippen LogP contribution in [0, 0.1) is 6.92 Å². The first-order valence-corrected chi connectivity index (χ1v) is 9.80. The average Bonchev–Trinajstić information content (AvgIpc) is 3.07. The molecule has 0 fully saturated rings. The molecule has 8 heteroatoms. The number of para-hydroxylation sites is 1. The zero-order chi connectivity index (χ0) is 20.1. The van der Waals surface area contributed by atoms with Crippen molar-refractivity contribution in [1.29, 1.82) is 0 Å². The van der Waals surface area contributed by atoms with Crippen molar-refractivity contribution in [3.63, 3.8) is 0 Å². The fraction of sp³-hybridized carbons (Fsp3) is 0.250. The molecule has 0 bridgehead atoms. The number of benzene rings is 2. The summed E-state index contributed by atoms with van der Waals surface area (Å²) in [6.07, 6.45) is 0. The highest BCUT2D eigenvalue weighted by Gasteiger charge is 2.16. The molecule has 0 aliphatic carbocycles. The van der Waals surface area contributed by atoms with E-state index in [9.17, 15) is 4.79 Å². The van der Waals surface area contributed by atoms with Crippen LogP contribution in [-0.4, -0.2) is 33.6 Å². The van der Waals surface area contributed by atoms with Crippen molar-refractivity contribution in [1.82, 2.24) is 20.2 Å². The van der Waals surface area contributed by atoms with Crippen molar-refractivity contribution >= 4 is 17.7 Å². The lowest BCUT2D eigenvalue weighted by Gasteiger charge is -2.17. The molecule has 1 atom stereocenters. The minimum absolute atomic E-state index is 0.122. The summed E-state index contributed by atoms with van der Waals surface area (Å²) in [5.74, 6) is 7.48. The lowest BCUT2D eigenvalue weighted by atomic mass is 10.1. The third kappa shape index (κ3) is 4.45. The molecule has 0 saturated heterocycles. The number of hydrogen-bond acceptors (Lipinski definition) is 6. The number of nitrogen functional groups attached to an aromatic ring is 1. The van der Waals surface area contributed by atoms with Crippen LogP contribution in [0.5, 0.6) is 5.75 Å².